The number of rotatable bonds is 5. The minimum atomic E-state index is -0.285. The van der Waals surface area contributed by atoms with E-state index in [0.717, 1.165) is 16.6 Å². The summed E-state index contributed by atoms with van der Waals surface area (Å²) in [5.41, 5.74) is 0. The zero-order valence-corrected chi connectivity index (χ0v) is 11.0. The van der Waals surface area contributed by atoms with Crippen molar-refractivity contribution in [3.63, 3.8) is 0 Å². The molecule has 1 nitrogen and oxygen atoms in total. The van der Waals surface area contributed by atoms with Gasteiger partial charge in [0.2, 0.25) is 0 Å². The molecule has 1 aromatic rings. The van der Waals surface area contributed by atoms with E-state index in [2.05, 4.69) is 35.5 Å². The lowest BCUT2D eigenvalue weighted by Crippen LogP contribution is -2.12. The second-order valence-electron chi connectivity index (χ2n) is 3.34. The van der Waals surface area contributed by atoms with E-state index in [1.165, 1.54) is 12.1 Å². The van der Waals surface area contributed by atoms with Crippen LogP contribution < -0.4 is 4.74 Å². The first-order chi connectivity index (χ1) is 7.17. The molecule has 1 unspecified atom stereocenters. The summed E-state index contributed by atoms with van der Waals surface area (Å²) in [5.74, 6) is 1.45. The van der Waals surface area contributed by atoms with Gasteiger partial charge >= 0.3 is 0 Å². The van der Waals surface area contributed by atoms with Crippen molar-refractivity contribution in [3.05, 3.63) is 28.5 Å². The summed E-state index contributed by atoms with van der Waals surface area (Å²) in [7, 11) is 0. The maximum absolute atomic E-state index is 12.9. The Bertz CT molecular complexity index is 315. The molecule has 0 heterocycles. The molecule has 0 aromatic heterocycles. The molecule has 0 aliphatic carbocycles. The van der Waals surface area contributed by atoms with Crippen molar-refractivity contribution < 1.29 is 9.13 Å². The SMILES string of the molecule is CCC(CS)COc1cc(F)ccc1Br. The molecular formula is C11H14BrFOS. The summed E-state index contributed by atoms with van der Waals surface area (Å²) in [6, 6.07) is 4.43. The summed E-state index contributed by atoms with van der Waals surface area (Å²) >= 11 is 7.54. The van der Waals surface area contributed by atoms with E-state index in [1.807, 2.05) is 0 Å². The fourth-order valence-corrected chi connectivity index (χ4v) is 1.82. The lowest BCUT2D eigenvalue weighted by molar-refractivity contribution is 0.257. The average molecular weight is 293 g/mol. The average Bonchev–Trinajstić information content (AvgIpc) is 2.24. The van der Waals surface area contributed by atoms with Crippen molar-refractivity contribution >= 4 is 28.6 Å². The summed E-state index contributed by atoms with van der Waals surface area (Å²) in [5, 5.41) is 0. The Morgan fingerprint density at radius 1 is 1.53 bits per heavy atom. The number of thiol groups is 1. The van der Waals surface area contributed by atoms with Crippen molar-refractivity contribution in [2.75, 3.05) is 12.4 Å². The molecule has 0 amide bonds. The van der Waals surface area contributed by atoms with Crippen molar-refractivity contribution in [3.8, 4) is 5.75 Å². The van der Waals surface area contributed by atoms with Gasteiger partial charge in [-0.1, -0.05) is 6.92 Å². The Morgan fingerprint density at radius 2 is 2.27 bits per heavy atom. The molecule has 0 saturated carbocycles. The molecule has 0 fully saturated rings. The van der Waals surface area contributed by atoms with E-state index in [4.69, 9.17) is 4.74 Å². The minimum Gasteiger partial charge on any atom is -0.492 e. The Labute approximate surface area is 104 Å². The van der Waals surface area contributed by atoms with Gasteiger partial charge in [0.1, 0.15) is 11.6 Å². The molecule has 0 aliphatic rings. The van der Waals surface area contributed by atoms with Crippen LogP contribution in [-0.2, 0) is 0 Å². The lowest BCUT2D eigenvalue weighted by Gasteiger charge is -2.14. The van der Waals surface area contributed by atoms with Gasteiger partial charge < -0.3 is 4.74 Å². The zero-order valence-electron chi connectivity index (χ0n) is 8.54. The highest BCUT2D eigenvalue weighted by atomic mass is 79.9. The van der Waals surface area contributed by atoms with Crippen LogP contribution in [0.3, 0.4) is 0 Å². The maximum atomic E-state index is 12.9. The lowest BCUT2D eigenvalue weighted by atomic mass is 10.1. The summed E-state index contributed by atoms with van der Waals surface area (Å²) in [6.45, 7) is 2.66. The normalized spacial score (nSPS) is 12.5. The second kappa shape index (κ2) is 6.38. The molecule has 1 aromatic carbocycles. The first-order valence-corrected chi connectivity index (χ1v) is 6.28. The van der Waals surface area contributed by atoms with E-state index in [0.29, 0.717) is 18.3 Å². The number of benzene rings is 1. The van der Waals surface area contributed by atoms with Crippen LogP contribution in [0.15, 0.2) is 22.7 Å². The quantitative estimate of drug-likeness (QED) is 0.809. The van der Waals surface area contributed by atoms with E-state index < -0.39 is 0 Å². The van der Waals surface area contributed by atoms with E-state index in [1.54, 1.807) is 6.07 Å². The van der Waals surface area contributed by atoms with Gasteiger partial charge in [0.05, 0.1) is 11.1 Å². The maximum Gasteiger partial charge on any atom is 0.136 e. The van der Waals surface area contributed by atoms with Gasteiger partial charge in [-0.15, -0.1) is 0 Å². The van der Waals surface area contributed by atoms with E-state index in [-0.39, 0.29) is 5.82 Å². The van der Waals surface area contributed by atoms with E-state index in [9.17, 15) is 4.39 Å². The molecular weight excluding hydrogens is 279 g/mol. The van der Waals surface area contributed by atoms with Crippen LogP contribution in [0.4, 0.5) is 4.39 Å². The number of hydrogen-bond donors (Lipinski definition) is 1. The summed E-state index contributed by atoms with van der Waals surface area (Å²) < 4.78 is 19.2. The van der Waals surface area contributed by atoms with Crippen molar-refractivity contribution in [2.24, 2.45) is 5.92 Å². The number of ether oxygens (including phenoxy) is 1. The first-order valence-electron chi connectivity index (χ1n) is 4.86. The molecule has 0 radical (unpaired) electrons. The molecule has 15 heavy (non-hydrogen) atoms. The Kier molecular flexibility index (Phi) is 5.47. The number of hydrogen-bond acceptors (Lipinski definition) is 2. The predicted molar refractivity (Wildman–Crippen MR) is 67.2 cm³/mol. The van der Waals surface area contributed by atoms with Gasteiger partial charge in [-0.3, -0.25) is 0 Å². The minimum absolute atomic E-state index is 0.285. The van der Waals surface area contributed by atoms with Crippen LogP contribution in [0.1, 0.15) is 13.3 Å². The van der Waals surface area contributed by atoms with E-state index >= 15 is 0 Å². The largest absolute Gasteiger partial charge is 0.492 e. The molecule has 0 spiro atoms. The smallest absolute Gasteiger partial charge is 0.136 e. The molecule has 1 rings (SSSR count). The monoisotopic (exact) mass is 292 g/mol. The molecule has 0 saturated heterocycles. The highest BCUT2D eigenvalue weighted by Gasteiger charge is 2.07. The van der Waals surface area contributed by atoms with Gasteiger partial charge in [-0.05, 0) is 40.2 Å². The zero-order chi connectivity index (χ0) is 11.3. The van der Waals surface area contributed by atoms with Crippen LogP contribution in [0, 0.1) is 11.7 Å². The van der Waals surface area contributed by atoms with Crippen molar-refractivity contribution in [2.45, 2.75) is 13.3 Å². The van der Waals surface area contributed by atoms with Gasteiger partial charge in [0, 0.05) is 12.0 Å². The molecule has 0 bridgehead atoms. The van der Waals surface area contributed by atoms with Gasteiger partial charge in [0.25, 0.3) is 0 Å². The first kappa shape index (κ1) is 12.8. The van der Waals surface area contributed by atoms with Crippen LogP contribution in [0.25, 0.3) is 0 Å². The topological polar surface area (TPSA) is 9.23 Å². The summed E-state index contributed by atoms with van der Waals surface area (Å²) in [6.07, 6.45) is 1.01. The Morgan fingerprint density at radius 3 is 2.87 bits per heavy atom. The third-order valence-corrected chi connectivity index (χ3v) is 3.37. The predicted octanol–water partition coefficient (Wildman–Crippen LogP) is 3.92. The summed E-state index contributed by atoms with van der Waals surface area (Å²) in [4.78, 5) is 0. The third kappa shape index (κ3) is 4.03. The second-order valence-corrected chi connectivity index (χ2v) is 4.56. The Hall–Kier alpha value is -0.220. The molecule has 0 aliphatic heterocycles. The highest BCUT2D eigenvalue weighted by Crippen LogP contribution is 2.26. The standard InChI is InChI=1S/C11H14BrFOS/c1-2-8(7-15)6-14-11-5-9(13)3-4-10(11)12/h3-5,8,15H,2,6-7H2,1H3. The van der Waals surface area contributed by atoms with Crippen molar-refractivity contribution in [1.82, 2.24) is 0 Å². The van der Waals surface area contributed by atoms with Gasteiger partial charge in [-0.25, -0.2) is 4.39 Å². The van der Waals surface area contributed by atoms with Crippen LogP contribution in [0.2, 0.25) is 0 Å². The van der Waals surface area contributed by atoms with Crippen LogP contribution in [0.5, 0.6) is 5.75 Å². The number of halogens is 2. The molecule has 4 heteroatoms. The van der Waals surface area contributed by atoms with Gasteiger partial charge in [0.15, 0.2) is 0 Å². The molecule has 84 valence electrons. The third-order valence-electron chi connectivity index (χ3n) is 2.20. The fraction of sp³-hybridized carbons (Fsp3) is 0.455. The van der Waals surface area contributed by atoms with Crippen LogP contribution in [-0.4, -0.2) is 12.4 Å². The Balaban J connectivity index is 2.60. The van der Waals surface area contributed by atoms with Gasteiger partial charge in [-0.2, -0.15) is 12.6 Å². The molecule has 0 N–H and O–H groups in total. The van der Waals surface area contributed by atoms with Crippen molar-refractivity contribution in [1.29, 1.82) is 0 Å². The van der Waals surface area contributed by atoms with Crippen LogP contribution >= 0.6 is 28.6 Å². The molecule has 1 atom stereocenters. The fourth-order valence-electron chi connectivity index (χ4n) is 1.10. The highest BCUT2D eigenvalue weighted by molar-refractivity contribution is 9.10.